The molecule has 0 aromatic carbocycles. The molecule has 0 saturated carbocycles. The topological polar surface area (TPSA) is 36.7 Å². The Kier molecular flexibility index (Phi) is 1.83. The molecule has 0 radical (unpaired) electrons. The van der Waals surface area contributed by atoms with Crippen LogP contribution in [0.1, 0.15) is 16.8 Å². The first kappa shape index (κ1) is 6.97. The largest absolute Gasteiger partial charge is 0.243 e. The summed E-state index contributed by atoms with van der Waals surface area (Å²) in [5.74, 6) is 0. The molecule has 0 fully saturated rings. The van der Waals surface area contributed by atoms with Gasteiger partial charge in [0.25, 0.3) is 0 Å². The van der Waals surface area contributed by atoms with Crippen LogP contribution < -0.4 is 0 Å². The molecule has 0 aliphatic carbocycles. The van der Waals surface area contributed by atoms with Crippen molar-refractivity contribution in [3.8, 4) is 6.07 Å². The van der Waals surface area contributed by atoms with Crippen molar-refractivity contribution in [2.45, 2.75) is 6.92 Å². The Morgan fingerprint density at radius 1 is 1.90 bits per heavy atom. The SMILES string of the molecule is C=C(C)c1ncc(C#N)s1. The standard InChI is InChI=1S/C7H6N2S/c1-5(2)7-9-4-6(3-8)10-7/h4H,1H2,2H3. The highest BCUT2D eigenvalue weighted by Gasteiger charge is 1.99. The number of nitrogens with zero attached hydrogens (tertiary/aromatic N) is 2. The zero-order valence-electron chi connectivity index (χ0n) is 5.59. The molecular weight excluding hydrogens is 144 g/mol. The average molecular weight is 150 g/mol. The van der Waals surface area contributed by atoms with Crippen LogP contribution in [0.5, 0.6) is 0 Å². The van der Waals surface area contributed by atoms with Gasteiger partial charge in [-0.1, -0.05) is 6.58 Å². The zero-order chi connectivity index (χ0) is 7.56. The van der Waals surface area contributed by atoms with Gasteiger partial charge < -0.3 is 0 Å². The van der Waals surface area contributed by atoms with Gasteiger partial charge in [0, 0.05) is 0 Å². The maximum Gasteiger partial charge on any atom is 0.125 e. The third kappa shape index (κ3) is 1.23. The molecule has 0 unspecified atom stereocenters. The molecule has 0 aliphatic heterocycles. The van der Waals surface area contributed by atoms with Crippen LogP contribution in [0.25, 0.3) is 5.57 Å². The summed E-state index contributed by atoms with van der Waals surface area (Å²) in [6.07, 6.45) is 1.56. The first-order chi connectivity index (χ1) is 4.74. The first-order valence-corrected chi connectivity index (χ1v) is 3.57. The molecule has 1 heterocycles. The molecule has 3 heteroatoms. The van der Waals surface area contributed by atoms with Gasteiger partial charge in [-0.2, -0.15) is 5.26 Å². The van der Waals surface area contributed by atoms with Gasteiger partial charge in [0.05, 0.1) is 6.20 Å². The second-order valence-electron chi connectivity index (χ2n) is 1.92. The smallest absolute Gasteiger partial charge is 0.125 e. The van der Waals surface area contributed by atoms with Gasteiger partial charge in [-0.05, 0) is 12.5 Å². The molecule has 50 valence electrons. The van der Waals surface area contributed by atoms with E-state index in [1.54, 1.807) is 6.20 Å². The number of hydrogen-bond acceptors (Lipinski definition) is 3. The van der Waals surface area contributed by atoms with Crippen LogP contribution in [0.15, 0.2) is 12.8 Å². The van der Waals surface area contributed by atoms with E-state index < -0.39 is 0 Å². The number of allylic oxidation sites excluding steroid dienone is 1. The summed E-state index contributed by atoms with van der Waals surface area (Å²) in [4.78, 5) is 4.62. The fourth-order valence-corrected chi connectivity index (χ4v) is 1.16. The molecule has 10 heavy (non-hydrogen) atoms. The van der Waals surface area contributed by atoms with Crippen LogP contribution >= 0.6 is 11.3 Å². The van der Waals surface area contributed by atoms with Crippen LogP contribution in [0, 0.1) is 11.3 Å². The van der Waals surface area contributed by atoms with Crippen molar-refractivity contribution >= 4 is 16.9 Å². The summed E-state index contributed by atoms with van der Waals surface area (Å²) in [6, 6.07) is 2.02. The van der Waals surface area contributed by atoms with Crippen LogP contribution in [0.4, 0.5) is 0 Å². The molecular formula is C7H6N2S. The average Bonchev–Trinajstić information content (AvgIpc) is 2.34. The maximum atomic E-state index is 8.42. The van der Waals surface area contributed by atoms with Crippen molar-refractivity contribution in [3.05, 3.63) is 22.7 Å². The highest BCUT2D eigenvalue weighted by Crippen LogP contribution is 2.17. The highest BCUT2D eigenvalue weighted by atomic mass is 32.1. The number of hydrogen-bond donors (Lipinski definition) is 0. The molecule has 0 N–H and O–H groups in total. The lowest BCUT2D eigenvalue weighted by molar-refractivity contribution is 1.36. The van der Waals surface area contributed by atoms with Gasteiger partial charge in [-0.3, -0.25) is 0 Å². The molecule has 0 aliphatic rings. The van der Waals surface area contributed by atoms with Gasteiger partial charge in [-0.25, -0.2) is 4.98 Å². The molecule has 0 amide bonds. The normalized spacial score (nSPS) is 8.80. The molecule has 0 atom stereocenters. The molecule has 1 aromatic heterocycles. The molecule has 1 rings (SSSR count). The predicted octanol–water partition coefficient (Wildman–Crippen LogP) is 2.05. The monoisotopic (exact) mass is 150 g/mol. The van der Waals surface area contributed by atoms with E-state index >= 15 is 0 Å². The third-order valence-corrected chi connectivity index (χ3v) is 2.04. The van der Waals surface area contributed by atoms with Crippen LogP contribution in [0.2, 0.25) is 0 Å². The summed E-state index contributed by atoms with van der Waals surface area (Å²) in [7, 11) is 0. The summed E-state index contributed by atoms with van der Waals surface area (Å²) < 4.78 is 0. The molecule has 0 bridgehead atoms. The van der Waals surface area contributed by atoms with Gasteiger partial charge in [0.15, 0.2) is 0 Å². The summed E-state index contributed by atoms with van der Waals surface area (Å²) in [5.41, 5.74) is 0.909. The number of aromatic nitrogens is 1. The minimum Gasteiger partial charge on any atom is -0.243 e. The van der Waals surface area contributed by atoms with E-state index in [0.717, 1.165) is 10.6 Å². The first-order valence-electron chi connectivity index (χ1n) is 2.76. The lowest BCUT2D eigenvalue weighted by atomic mass is 10.4. The Balaban J connectivity index is 3.02. The zero-order valence-corrected chi connectivity index (χ0v) is 6.40. The van der Waals surface area contributed by atoms with E-state index in [1.807, 2.05) is 13.0 Å². The van der Waals surface area contributed by atoms with Crippen molar-refractivity contribution in [3.63, 3.8) is 0 Å². The fraction of sp³-hybridized carbons (Fsp3) is 0.143. The lowest BCUT2D eigenvalue weighted by Crippen LogP contribution is -1.69. The molecule has 0 saturated heterocycles. The Labute approximate surface area is 63.5 Å². The summed E-state index contributed by atoms with van der Waals surface area (Å²) in [5, 5.41) is 9.27. The van der Waals surface area contributed by atoms with Crippen LogP contribution in [-0.4, -0.2) is 4.98 Å². The van der Waals surface area contributed by atoms with Crippen molar-refractivity contribution in [1.29, 1.82) is 5.26 Å². The van der Waals surface area contributed by atoms with Gasteiger partial charge in [-0.15, -0.1) is 11.3 Å². The number of thiazole rings is 1. The van der Waals surface area contributed by atoms with Gasteiger partial charge >= 0.3 is 0 Å². The number of rotatable bonds is 1. The van der Waals surface area contributed by atoms with Crippen molar-refractivity contribution in [1.82, 2.24) is 4.98 Å². The van der Waals surface area contributed by atoms with E-state index in [1.165, 1.54) is 11.3 Å². The van der Waals surface area contributed by atoms with E-state index in [-0.39, 0.29) is 0 Å². The van der Waals surface area contributed by atoms with Gasteiger partial charge in [0.2, 0.25) is 0 Å². The maximum absolute atomic E-state index is 8.42. The predicted molar refractivity (Wildman–Crippen MR) is 41.5 cm³/mol. The van der Waals surface area contributed by atoms with Crippen molar-refractivity contribution in [2.24, 2.45) is 0 Å². The minimum atomic E-state index is 0.637. The minimum absolute atomic E-state index is 0.637. The molecule has 2 nitrogen and oxygen atoms in total. The van der Waals surface area contributed by atoms with Gasteiger partial charge in [0.1, 0.15) is 16.0 Å². The highest BCUT2D eigenvalue weighted by molar-refractivity contribution is 7.13. The van der Waals surface area contributed by atoms with Crippen molar-refractivity contribution < 1.29 is 0 Å². The van der Waals surface area contributed by atoms with E-state index in [4.69, 9.17) is 5.26 Å². The molecule has 1 aromatic rings. The summed E-state index contributed by atoms with van der Waals surface area (Å²) in [6.45, 7) is 5.59. The lowest BCUT2D eigenvalue weighted by Gasteiger charge is -1.85. The third-order valence-electron chi connectivity index (χ3n) is 0.981. The Hall–Kier alpha value is -1.14. The Morgan fingerprint density at radius 2 is 2.60 bits per heavy atom. The molecule has 0 spiro atoms. The van der Waals surface area contributed by atoms with Crippen LogP contribution in [0.3, 0.4) is 0 Å². The number of nitriles is 1. The van der Waals surface area contributed by atoms with E-state index in [0.29, 0.717) is 4.88 Å². The quantitative estimate of drug-likeness (QED) is 0.614. The van der Waals surface area contributed by atoms with E-state index in [9.17, 15) is 0 Å². The summed E-state index contributed by atoms with van der Waals surface area (Å²) >= 11 is 1.37. The second-order valence-corrected chi connectivity index (χ2v) is 2.95. The van der Waals surface area contributed by atoms with Crippen LogP contribution in [-0.2, 0) is 0 Å². The fourth-order valence-electron chi connectivity index (χ4n) is 0.523. The Bertz CT molecular complexity index is 293. The van der Waals surface area contributed by atoms with E-state index in [2.05, 4.69) is 11.6 Å². The van der Waals surface area contributed by atoms with Crippen molar-refractivity contribution in [2.75, 3.05) is 0 Å². The second kappa shape index (κ2) is 2.63. The Morgan fingerprint density at radius 3 is 2.90 bits per heavy atom.